The van der Waals surface area contributed by atoms with Crippen molar-refractivity contribution in [2.45, 2.75) is 71.1 Å². The standard InChI is InChI=1S/C14H26N2O2/c1-3-4-5-7-11(2)16-13(17)18-12-14(10-15-12)8-6-9-14/h11-12,15H,3-10H2,1-2H3,(H,16,17). The summed E-state index contributed by atoms with van der Waals surface area (Å²) in [5.41, 5.74) is 0.281. The van der Waals surface area contributed by atoms with Crippen LogP contribution >= 0.6 is 0 Å². The van der Waals surface area contributed by atoms with Gasteiger partial charge in [-0.25, -0.2) is 4.79 Å². The van der Waals surface area contributed by atoms with Crippen LogP contribution < -0.4 is 10.6 Å². The molecule has 1 heterocycles. The largest absolute Gasteiger partial charge is 0.430 e. The third kappa shape index (κ3) is 2.97. The fraction of sp³-hybridized carbons (Fsp3) is 0.929. The first-order chi connectivity index (χ1) is 8.66. The number of alkyl carbamates (subject to hydrolysis) is 1. The molecule has 2 aliphatic rings. The molecule has 104 valence electrons. The van der Waals surface area contributed by atoms with Gasteiger partial charge in [0.1, 0.15) is 0 Å². The maximum absolute atomic E-state index is 11.7. The van der Waals surface area contributed by atoms with E-state index in [1.807, 2.05) is 6.92 Å². The molecule has 18 heavy (non-hydrogen) atoms. The minimum atomic E-state index is -0.262. The quantitative estimate of drug-likeness (QED) is 0.717. The zero-order valence-corrected chi connectivity index (χ0v) is 11.6. The van der Waals surface area contributed by atoms with Crippen molar-refractivity contribution in [2.75, 3.05) is 6.54 Å². The van der Waals surface area contributed by atoms with Gasteiger partial charge in [0.05, 0.1) is 0 Å². The van der Waals surface area contributed by atoms with Gasteiger partial charge in [0.2, 0.25) is 0 Å². The van der Waals surface area contributed by atoms with E-state index in [0.29, 0.717) is 0 Å². The highest BCUT2D eigenvalue weighted by Crippen LogP contribution is 2.48. The predicted octanol–water partition coefficient (Wildman–Crippen LogP) is 2.78. The third-order valence-electron chi connectivity index (χ3n) is 4.37. The molecule has 0 aromatic carbocycles. The molecule has 0 bridgehead atoms. The van der Waals surface area contributed by atoms with Gasteiger partial charge in [-0.2, -0.15) is 0 Å². The highest BCUT2D eigenvalue weighted by Gasteiger charge is 2.53. The summed E-state index contributed by atoms with van der Waals surface area (Å²) in [4.78, 5) is 11.7. The second-order valence-electron chi connectivity index (χ2n) is 5.92. The van der Waals surface area contributed by atoms with Crippen LogP contribution in [0.5, 0.6) is 0 Å². The van der Waals surface area contributed by atoms with Gasteiger partial charge in [0.25, 0.3) is 0 Å². The van der Waals surface area contributed by atoms with Crippen molar-refractivity contribution in [1.82, 2.24) is 10.6 Å². The lowest BCUT2D eigenvalue weighted by atomic mass is 9.63. The summed E-state index contributed by atoms with van der Waals surface area (Å²) >= 11 is 0. The zero-order chi connectivity index (χ0) is 13.0. The molecule has 0 aromatic rings. The number of carbonyl (C=O) groups is 1. The summed E-state index contributed by atoms with van der Waals surface area (Å²) in [6.45, 7) is 5.24. The van der Waals surface area contributed by atoms with Crippen molar-refractivity contribution in [3.8, 4) is 0 Å². The summed E-state index contributed by atoms with van der Waals surface area (Å²) in [6, 6.07) is 0.210. The summed E-state index contributed by atoms with van der Waals surface area (Å²) < 4.78 is 5.46. The summed E-state index contributed by atoms with van der Waals surface area (Å²) in [7, 11) is 0. The fourth-order valence-corrected chi connectivity index (χ4v) is 2.83. The molecule has 1 saturated carbocycles. The minimum Gasteiger partial charge on any atom is -0.430 e. The van der Waals surface area contributed by atoms with Crippen LogP contribution in [0.2, 0.25) is 0 Å². The number of carbonyl (C=O) groups excluding carboxylic acids is 1. The molecule has 2 N–H and O–H groups in total. The molecule has 4 heteroatoms. The van der Waals surface area contributed by atoms with E-state index in [1.165, 1.54) is 38.5 Å². The van der Waals surface area contributed by atoms with E-state index in [2.05, 4.69) is 17.6 Å². The normalized spacial score (nSPS) is 26.0. The Morgan fingerprint density at radius 1 is 1.50 bits per heavy atom. The fourth-order valence-electron chi connectivity index (χ4n) is 2.83. The molecule has 2 atom stereocenters. The zero-order valence-electron chi connectivity index (χ0n) is 11.6. The lowest BCUT2D eigenvalue weighted by molar-refractivity contribution is -0.127. The number of amides is 1. The third-order valence-corrected chi connectivity index (χ3v) is 4.37. The van der Waals surface area contributed by atoms with Crippen LogP contribution in [0.1, 0.15) is 58.8 Å². The van der Waals surface area contributed by atoms with Gasteiger partial charge in [0, 0.05) is 18.0 Å². The number of hydrogen-bond donors (Lipinski definition) is 2. The number of hydrogen-bond acceptors (Lipinski definition) is 3. The van der Waals surface area contributed by atoms with Crippen LogP contribution in [0, 0.1) is 5.41 Å². The lowest BCUT2D eigenvalue weighted by Crippen LogP contribution is -2.67. The lowest BCUT2D eigenvalue weighted by Gasteiger charge is -2.54. The molecule has 1 spiro atoms. The summed E-state index contributed by atoms with van der Waals surface area (Å²) in [5, 5.41) is 6.13. The second kappa shape index (κ2) is 5.91. The molecule has 0 aromatic heterocycles. The van der Waals surface area contributed by atoms with E-state index in [-0.39, 0.29) is 23.8 Å². The Morgan fingerprint density at radius 3 is 2.78 bits per heavy atom. The Labute approximate surface area is 110 Å². The molecule has 2 unspecified atom stereocenters. The molecular formula is C14H26N2O2. The minimum absolute atomic E-state index is 0.0471. The van der Waals surface area contributed by atoms with Crippen molar-refractivity contribution >= 4 is 6.09 Å². The molecule has 2 fully saturated rings. The van der Waals surface area contributed by atoms with E-state index >= 15 is 0 Å². The van der Waals surface area contributed by atoms with E-state index in [0.717, 1.165) is 13.0 Å². The average Bonchev–Trinajstić information content (AvgIpc) is 2.23. The van der Waals surface area contributed by atoms with Gasteiger partial charge < -0.3 is 10.1 Å². The van der Waals surface area contributed by atoms with Gasteiger partial charge >= 0.3 is 6.09 Å². The Kier molecular flexibility index (Phi) is 4.49. The van der Waals surface area contributed by atoms with Gasteiger partial charge in [-0.3, -0.25) is 5.32 Å². The smallest absolute Gasteiger partial charge is 0.408 e. The van der Waals surface area contributed by atoms with Gasteiger partial charge in [-0.1, -0.05) is 32.6 Å². The van der Waals surface area contributed by atoms with Crippen molar-refractivity contribution in [2.24, 2.45) is 5.41 Å². The van der Waals surface area contributed by atoms with Crippen molar-refractivity contribution in [3.63, 3.8) is 0 Å². The second-order valence-corrected chi connectivity index (χ2v) is 5.92. The van der Waals surface area contributed by atoms with Crippen LogP contribution in [0.3, 0.4) is 0 Å². The van der Waals surface area contributed by atoms with Gasteiger partial charge in [0.15, 0.2) is 6.23 Å². The first-order valence-electron chi connectivity index (χ1n) is 7.37. The van der Waals surface area contributed by atoms with E-state index in [9.17, 15) is 4.79 Å². The summed E-state index contributed by atoms with van der Waals surface area (Å²) in [5.74, 6) is 0. The van der Waals surface area contributed by atoms with E-state index in [1.54, 1.807) is 0 Å². The van der Waals surface area contributed by atoms with Crippen LogP contribution in [0.25, 0.3) is 0 Å². The molecule has 0 radical (unpaired) electrons. The molecule has 1 amide bonds. The average molecular weight is 254 g/mol. The highest BCUT2D eigenvalue weighted by molar-refractivity contribution is 5.67. The van der Waals surface area contributed by atoms with E-state index < -0.39 is 0 Å². The van der Waals surface area contributed by atoms with Gasteiger partial charge in [-0.05, 0) is 26.2 Å². The maximum atomic E-state index is 11.7. The molecule has 1 aliphatic heterocycles. The van der Waals surface area contributed by atoms with E-state index in [4.69, 9.17) is 4.74 Å². The molecule has 2 rings (SSSR count). The highest BCUT2D eigenvalue weighted by atomic mass is 16.6. The number of rotatable bonds is 6. The van der Waals surface area contributed by atoms with Crippen molar-refractivity contribution in [3.05, 3.63) is 0 Å². The Bertz CT molecular complexity index is 284. The first kappa shape index (κ1) is 13.7. The maximum Gasteiger partial charge on any atom is 0.408 e. The number of ether oxygens (including phenoxy) is 1. The predicted molar refractivity (Wildman–Crippen MR) is 71.3 cm³/mol. The summed E-state index contributed by atoms with van der Waals surface area (Å²) in [6.07, 6.45) is 8.01. The van der Waals surface area contributed by atoms with Gasteiger partial charge in [-0.15, -0.1) is 0 Å². The monoisotopic (exact) mass is 254 g/mol. The van der Waals surface area contributed by atoms with Crippen LogP contribution in [0.15, 0.2) is 0 Å². The number of unbranched alkanes of at least 4 members (excludes halogenated alkanes) is 2. The Balaban J connectivity index is 1.63. The topological polar surface area (TPSA) is 50.4 Å². The number of nitrogens with one attached hydrogen (secondary N) is 2. The van der Waals surface area contributed by atoms with Crippen molar-refractivity contribution < 1.29 is 9.53 Å². The molecule has 1 aliphatic carbocycles. The molecular weight excluding hydrogens is 228 g/mol. The molecule has 1 saturated heterocycles. The van der Waals surface area contributed by atoms with Crippen LogP contribution in [0.4, 0.5) is 4.79 Å². The van der Waals surface area contributed by atoms with Crippen LogP contribution in [-0.4, -0.2) is 24.9 Å². The van der Waals surface area contributed by atoms with Crippen molar-refractivity contribution in [1.29, 1.82) is 0 Å². The SMILES string of the molecule is CCCCCC(C)NC(=O)OC1NCC12CCC2. The first-order valence-corrected chi connectivity index (χ1v) is 7.37. The Morgan fingerprint density at radius 2 is 2.28 bits per heavy atom. The van der Waals surface area contributed by atoms with Crippen LogP contribution in [-0.2, 0) is 4.74 Å². The Hall–Kier alpha value is -0.770. The molecule has 4 nitrogen and oxygen atoms in total.